The van der Waals surface area contributed by atoms with E-state index >= 15 is 0 Å². The van der Waals surface area contributed by atoms with Gasteiger partial charge in [0.15, 0.2) is 5.13 Å². The SMILES string of the molecule is O=C(Nc1nc2c(s1)CN(C(=O)c1cc(-c3ccc(F)cc3)n[nH]1)CC2)NC1CCCC1. The highest BCUT2D eigenvalue weighted by Crippen LogP contribution is 2.29. The van der Waals surface area contributed by atoms with Gasteiger partial charge in [-0.3, -0.25) is 15.2 Å². The number of halogens is 1. The topological polar surface area (TPSA) is 103 Å². The number of hydrogen-bond donors (Lipinski definition) is 3. The Morgan fingerprint density at radius 2 is 1.97 bits per heavy atom. The summed E-state index contributed by atoms with van der Waals surface area (Å²) in [7, 11) is 0. The number of anilines is 1. The minimum atomic E-state index is -0.320. The Balaban J connectivity index is 1.23. The van der Waals surface area contributed by atoms with Crippen molar-refractivity contribution in [3.63, 3.8) is 0 Å². The van der Waals surface area contributed by atoms with Gasteiger partial charge in [-0.1, -0.05) is 24.2 Å². The fourth-order valence-electron chi connectivity index (χ4n) is 4.18. The molecule has 10 heteroatoms. The zero-order chi connectivity index (χ0) is 22.1. The van der Waals surface area contributed by atoms with Crippen LogP contribution >= 0.6 is 11.3 Å². The molecule has 166 valence electrons. The summed E-state index contributed by atoms with van der Waals surface area (Å²) in [5, 5.41) is 13.4. The summed E-state index contributed by atoms with van der Waals surface area (Å²) in [4.78, 5) is 32.5. The first kappa shape index (κ1) is 20.6. The molecular weight excluding hydrogens is 431 g/mol. The molecule has 0 saturated heterocycles. The van der Waals surface area contributed by atoms with Gasteiger partial charge in [0.05, 0.1) is 17.9 Å². The third-order valence-electron chi connectivity index (χ3n) is 5.88. The summed E-state index contributed by atoms with van der Waals surface area (Å²) in [5.74, 6) is -0.475. The fourth-order valence-corrected chi connectivity index (χ4v) is 5.20. The van der Waals surface area contributed by atoms with E-state index in [1.54, 1.807) is 23.1 Å². The lowest BCUT2D eigenvalue weighted by atomic mass is 10.1. The lowest BCUT2D eigenvalue weighted by molar-refractivity contribution is 0.0730. The maximum Gasteiger partial charge on any atom is 0.321 e. The van der Waals surface area contributed by atoms with Gasteiger partial charge in [0.25, 0.3) is 5.91 Å². The standard InChI is InChI=1S/C22H23FN6O2S/c23-14-7-5-13(6-8-14)17-11-18(28-27-17)20(30)29-10-9-16-19(12-29)32-22(25-16)26-21(31)24-15-3-1-2-4-15/h5-8,11,15H,1-4,9-10,12H2,(H,27,28)(H2,24,25,26,31). The zero-order valence-electron chi connectivity index (χ0n) is 17.4. The van der Waals surface area contributed by atoms with E-state index in [9.17, 15) is 14.0 Å². The second-order valence-corrected chi connectivity index (χ2v) is 9.20. The van der Waals surface area contributed by atoms with Gasteiger partial charge in [-0.05, 0) is 43.2 Å². The predicted octanol–water partition coefficient (Wildman–Crippen LogP) is 3.93. The normalized spacial score (nSPS) is 16.1. The van der Waals surface area contributed by atoms with Gasteiger partial charge >= 0.3 is 6.03 Å². The number of hydrogen-bond acceptors (Lipinski definition) is 5. The van der Waals surface area contributed by atoms with Crippen molar-refractivity contribution in [2.45, 2.75) is 44.7 Å². The molecule has 3 amide bonds. The molecule has 1 aromatic carbocycles. The molecule has 2 aliphatic rings. The highest BCUT2D eigenvalue weighted by molar-refractivity contribution is 7.15. The first-order valence-corrected chi connectivity index (χ1v) is 11.5. The summed E-state index contributed by atoms with van der Waals surface area (Å²) in [5.41, 5.74) is 2.62. The molecule has 1 fully saturated rings. The minimum Gasteiger partial charge on any atom is -0.335 e. The van der Waals surface area contributed by atoms with Crippen molar-refractivity contribution < 1.29 is 14.0 Å². The van der Waals surface area contributed by atoms with E-state index in [0.717, 1.165) is 41.8 Å². The van der Waals surface area contributed by atoms with E-state index < -0.39 is 0 Å². The Morgan fingerprint density at radius 1 is 1.19 bits per heavy atom. The molecule has 1 saturated carbocycles. The van der Waals surface area contributed by atoms with Crippen LogP contribution in [0.15, 0.2) is 30.3 Å². The van der Waals surface area contributed by atoms with Crippen molar-refractivity contribution >= 4 is 28.4 Å². The number of carbonyl (C=O) groups is 2. The average molecular weight is 455 g/mol. The van der Waals surface area contributed by atoms with Crippen molar-refractivity contribution in [2.24, 2.45) is 0 Å². The molecule has 0 radical (unpaired) electrons. The van der Waals surface area contributed by atoms with Crippen LogP contribution < -0.4 is 10.6 Å². The molecule has 3 N–H and O–H groups in total. The molecule has 1 aliphatic carbocycles. The number of aromatic nitrogens is 3. The number of carbonyl (C=O) groups excluding carboxylic acids is 2. The Kier molecular flexibility index (Phi) is 5.60. The molecule has 3 aromatic rings. The van der Waals surface area contributed by atoms with E-state index in [4.69, 9.17) is 0 Å². The van der Waals surface area contributed by atoms with Gasteiger partial charge in [0.2, 0.25) is 0 Å². The number of thiazole rings is 1. The summed E-state index contributed by atoms with van der Waals surface area (Å²) >= 11 is 1.40. The van der Waals surface area contributed by atoms with Gasteiger partial charge in [-0.2, -0.15) is 5.10 Å². The van der Waals surface area contributed by atoms with E-state index in [0.29, 0.717) is 36.0 Å². The van der Waals surface area contributed by atoms with Crippen molar-refractivity contribution in [1.82, 2.24) is 25.4 Å². The van der Waals surface area contributed by atoms with Crippen molar-refractivity contribution in [1.29, 1.82) is 0 Å². The van der Waals surface area contributed by atoms with Crippen molar-refractivity contribution in [3.8, 4) is 11.3 Å². The molecule has 5 rings (SSSR count). The van der Waals surface area contributed by atoms with Crippen LogP contribution in [0.25, 0.3) is 11.3 Å². The highest BCUT2D eigenvalue weighted by Gasteiger charge is 2.27. The Labute approximate surface area is 188 Å². The second kappa shape index (κ2) is 8.70. The van der Waals surface area contributed by atoms with Gasteiger partial charge in [0.1, 0.15) is 11.5 Å². The van der Waals surface area contributed by atoms with Gasteiger partial charge in [0, 0.05) is 29.4 Å². The molecule has 0 unspecified atom stereocenters. The maximum atomic E-state index is 13.1. The van der Waals surface area contributed by atoms with E-state index in [1.807, 2.05) is 0 Å². The van der Waals surface area contributed by atoms with Crippen LogP contribution in [0.1, 0.15) is 46.7 Å². The number of amides is 3. The lowest BCUT2D eigenvalue weighted by Crippen LogP contribution is -2.36. The smallest absolute Gasteiger partial charge is 0.321 e. The van der Waals surface area contributed by atoms with Crippen LogP contribution in [-0.4, -0.2) is 44.6 Å². The monoisotopic (exact) mass is 454 g/mol. The van der Waals surface area contributed by atoms with Crippen LogP contribution in [0, 0.1) is 5.82 Å². The summed E-state index contributed by atoms with van der Waals surface area (Å²) in [6.45, 7) is 0.969. The highest BCUT2D eigenvalue weighted by atomic mass is 32.1. The van der Waals surface area contributed by atoms with Crippen LogP contribution in [0.3, 0.4) is 0 Å². The third kappa shape index (κ3) is 4.36. The molecule has 0 bridgehead atoms. The van der Waals surface area contributed by atoms with Crippen LogP contribution in [0.5, 0.6) is 0 Å². The summed E-state index contributed by atoms with van der Waals surface area (Å²) < 4.78 is 13.1. The molecular formula is C22H23FN6O2S. The predicted molar refractivity (Wildman–Crippen MR) is 119 cm³/mol. The van der Waals surface area contributed by atoms with E-state index in [-0.39, 0.29) is 23.8 Å². The quantitative estimate of drug-likeness (QED) is 0.556. The summed E-state index contributed by atoms with van der Waals surface area (Å²) in [6.07, 6.45) is 4.98. The molecule has 3 heterocycles. The Hall–Kier alpha value is -3.27. The minimum absolute atomic E-state index is 0.154. The first-order chi connectivity index (χ1) is 15.5. The number of aromatic amines is 1. The number of H-pyrrole nitrogens is 1. The first-order valence-electron chi connectivity index (χ1n) is 10.7. The number of rotatable bonds is 4. The Morgan fingerprint density at radius 3 is 2.75 bits per heavy atom. The van der Waals surface area contributed by atoms with Crippen LogP contribution in [0.4, 0.5) is 14.3 Å². The average Bonchev–Trinajstić information content (AvgIpc) is 3.54. The maximum absolute atomic E-state index is 13.1. The second-order valence-electron chi connectivity index (χ2n) is 8.12. The summed E-state index contributed by atoms with van der Waals surface area (Å²) in [6, 6.07) is 7.68. The number of nitrogens with zero attached hydrogens (tertiary/aromatic N) is 3. The largest absolute Gasteiger partial charge is 0.335 e. The molecule has 1 aliphatic heterocycles. The van der Waals surface area contributed by atoms with Gasteiger partial charge in [-0.15, -0.1) is 0 Å². The number of urea groups is 1. The zero-order valence-corrected chi connectivity index (χ0v) is 18.2. The molecule has 0 atom stereocenters. The molecule has 32 heavy (non-hydrogen) atoms. The number of benzene rings is 1. The van der Waals surface area contributed by atoms with Gasteiger partial charge in [-0.25, -0.2) is 14.2 Å². The van der Waals surface area contributed by atoms with E-state index in [2.05, 4.69) is 25.8 Å². The molecule has 2 aromatic heterocycles. The van der Waals surface area contributed by atoms with Crippen LogP contribution in [0.2, 0.25) is 0 Å². The van der Waals surface area contributed by atoms with Crippen molar-refractivity contribution in [3.05, 3.63) is 52.4 Å². The fraction of sp³-hybridized carbons (Fsp3) is 0.364. The Bertz CT molecular complexity index is 1140. The molecule has 0 spiro atoms. The third-order valence-corrected chi connectivity index (χ3v) is 6.88. The lowest BCUT2D eigenvalue weighted by Gasteiger charge is -2.25. The number of nitrogens with one attached hydrogen (secondary N) is 3. The van der Waals surface area contributed by atoms with E-state index in [1.165, 1.54) is 23.5 Å². The van der Waals surface area contributed by atoms with Crippen molar-refractivity contribution in [2.75, 3.05) is 11.9 Å². The molecule has 8 nitrogen and oxygen atoms in total. The van der Waals surface area contributed by atoms with Gasteiger partial charge < -0.3 is 10.2 Å². The van der Waals surface area contributed by atoms with Crippen LogP contribution in [-0.2, 0) is 13.0 Å². The number of fused-ring (bicyclic) bond motifs is 1.